The zero-order valence-corrected chi connectivity index (χ0v) is 15.5. The molecule has 0 radical (unpaired) electrons. The van der Waals surface area contributed by atoms with Gasteiger partial charge in [0, 0.05) is 31.4 Å². The molecular formula is C17H25N5OS. The highest BCUT2D eigenvalue weighted by Crippen LogP contribution is 2.28. The highest BCUT2D eigenvalue weighted by atomic mass is 32.2. The fourth-order valence-electron chi connectivity index (χ4n) is 2.55. The fourth-order valence-corrected chi connectivity index (χ4v) is 3.42. The Morgan fingerprint density at radius 3 is 2.33 bits per heavy atom. The highest BCUT2D eigenvalue weighted by Gasteiger charge is 2.19. The molecule has 2 N–H and O–H groups in total. The number of amides is 1. The van der Waals surface area contributed by atoms with Crippen molar-refractivity contribution >= 4 is 23.4 Å². The van der Waals surface area contributed by atoms with Crippen LogP contribution in [0.25, 0.3) is 11.4 Å². The minimum Gasteiger partial charge on any atom is -0.372 e. The summed E-state index contributed by atoms with van der Waals surface area (Å²) >= 11 is 1.36. The third-order valence-corrected chi connectivity index (χ3v) is 5.44. The van der Waals surface area contributed by atoms with Gasteiger partial charge in [-0.1, -0.05) is 18.7 Å². The first kappa shape index (κ1) is 18.3. The van der Waals surface area contributed by atoms with E-state index in [4.69, 9.17) is 5.73 Å². The van der Waals surface area contributed by atoms with Gasteiger partial charge in [-0.25, -0.2) is 0 Å². The third-order valence-electron chi connectivity index (χ3n) is 4.02. The molecule has 1 aromatic heterocycles. The molecule has 1 unspecified atom stereocenters. The second-order valence-electron chi connectivity index (χ2n) is 5.50. The lowest BCUT2D eigenvalue weighted by atomic mass is 10.2. The molecule has 0 spiro atoms. The van der Waals surface area contributed by atoms with Crippen LogP contribution in [0.2, 0.25) is 0 Å². The molecule has 1 amide bonds. The molecule has 7 heteroatoms. The second kappa shape index (κ2) is 8.19. The van der Waals surface area contributed by atoms with Gasteiger partial charge in [0.05, 0.1) is 5.25 Å². The molecule has 0 bridgehead atoms. The Balaban J connectivity index is 2.23. The van der Waals surface area contributed by atoms with E-state index in [0.29, 0.717) is 11.6 Å². The number of hydrogen-bond donors (Lipinski definition) is 1. The maximum Gasteiger partial charge on any atom is 0.231 e. The van der Waals surface area contributed by atoms with Gasteiger partial charge in [-0.15, -0.1) is 10.2 Å². The van der Waals surface area contributed by atoms with E-state index in [-0.39, 0.29) is 11.2 Å². The van der Waals surface area contributed by atoms with Crippen LogP contribution in [0.3, 0.4) is 0 Å². The van der Waals surface area contributed by atoms with E-state index in [1.165, 1.54) is 17.4 Å². The predicted molar refractivity (Wildman–Crippen MR) is 99.1 cm³/mol. The first-order valence-corrected chi connectivity index (χ1v) is 9.10. The van der Waals surface area contributed by atoms with E-state index in [1.54, 1.807) is 0 Å². The van der Waals surface area contributed by atoms with Crippen molar-refractivity contribution in [3.63, 3.8) is 0 Å². The molecule has 2 aromatic rings. The van der Waals surface area contributed by atoms with Gasteiger partial charge in [-0.2, -0.15) is 0 Å². The summed E-state index contributed by atoms with van der Waals surface area (Å²) in [5.74, 6) is 0.457. The van der Waals surface area contributed by atoms with Crippen LogP contribution in [0.5, 0.6) is 0 Å². The van der Waals surface area contributed by atoms with Crippen molar-refractivity contribution < 1.29 is 4.79 Å². The topological polar surface area (TPSA) is 77.0 Å². The molecule has 130 valence electrons. The summed E-state index contributed by atoms with van der Waals surface area (Å²) in [6.07, 6.45) is 0.667. The van der Waals surface area contributed by atoms with Crippen molar-refractivity contribution in [3.05, 3.63) is 24.3 Å². The van der Waals surface area contributed by atoms with Gasteiger partial charge >= 0.3 is 0 Å². The minimum absolute atomic E-state index is 0.286. The fraction of sp³-hybridized carbons (Fsp3) is 0.471. The van der Waals surface area contributed by atoms with E-state index in [0.717, 1.165) is 24.5 Å². The Hall–Kier alpha value is -2.02. The van der Waals surface area contributed by atoms with Crippen LogP contribution in [0.1, 0.15) is 27.2 Å². The van der Waals surface area contributed by atoms with E-state index in [2.05, 4.69) is 53.2 Å². The smallest absolute Gasteiger partial charge is 0.231 e. The molecule has 0 saturated heterocycles. The third kappa shape index (κ3) is 3.90. The quantitative estimate of drug-likeness (QED) is 0.743. The maximum absolute atomic E-state index is 11.4. The molecule has 6 nitrogen and oxygen atoms in total. The van der Waals surface area contributed by atoms with Crippen molar-refractivity contribution in [2.24, 2.45) is 12.8 Å². The number of benzene rings is 1. The molecule has 24 heavy (non-hydrogen) atoms. The zero-order chi connectivity index (χ0) is 17.7. The number of anilines is 1. The maximum atomic E-state index is 11.4. The number of carbonyl (C=O) groups excluding carboxylic acids is 1. The van der Waals surface area contributed by atoms with Gasteiger partial charge in [0.2, 0.25) is 5.91 Å². The van der Waals surface area contributed by atoms with Gasteiger partial charge in [-0.3, -0.25) is 4.79 Å². The Morgan fingerprint density at radius 1 is 1.21 bits per heavy atom. The standard InChI is InChI=1S/C17H25N5OS/c1-5-14(15(18)23)24-17-20-19-16(21(17)4)12-8-10-13(11-9-12)22(6-2)7-3/h8-11,14H,5-7H2,1-4H3,(H2,18,23). The largest absolute Gasteiger partial charge is 0.372 e. The molecule has 2 rings (SSSR count). The monoisotopic (exact) mass is 347 g/mol. The van der Waals surface area contributed by atoms with Gasteiger partial charge < -0.3 is 15.2 Å². The molecule has 0 aliphatic heterocycles. The number of hydrogen-bond acceptors (Lipinski definition) is 5. The molecule has 1 heterocycles. The Labute approximate surface area is 147 Å². The lowest BCUT2D eigenvalue weighted by Gasteiger charge is -2.21. The van der Waals surface area contributed by atoms with Crippen molar-refractivity contribution in [2.45, 2.75) is 37.6 Å². The van der Waals surface area contributed by atoms with E-state index in [1.807, 2.05) is 18.5 Å². The summed E-state index contributed by atoms with van der Waals surface area (Å²) in [6, 6.07) is 8.30. The van der Waals surface area contributed by atoms with E-state index in [9.17, 15) is 4.79 Å². The summed E-state index contributed by atoms with van der Waals surface area (Å²) in [4.78, 5) is 13.7. The van der Waals surface area contributed by atoms with Crippen LogP contribution in [-0.2, 0) is 11.8 Å². The van der Waals surface area contributed by atoms with Crippen LogP contribution in [0.15, 0.2) is 29.4 Å². The molecule has 0 saturated carbocycles. The van der Waals surface area contributed by atoms with Crippen LogP contribution >= 0.6 is 11.8 Å². The SMILES string of the molecule is CCC(Sc1nnc(-c2ccc(N(CC)CC)cc2)n1C)C(N)=O. The van der Waals surface area contributed by atoms with Gasteiger partial charge in [0.25, 0.3) is 0 Å². The van der Waals surface area contributed by atoms with Gasteiger partial charge in [0.15, 0.2) is 11.0 Å². The van der Waals surface area contributed by atoms with E-state index >= 15 is 0 Å². The first-order valence-electron chi connectivity index (χ1n) is 8.22. The van der Waals surface area contributed by atoms with Gasteiger partial charge in [0.1, 0.15) is 0 Å². The number of primary amides is 1. The van der Waals surface area contributed by atoms with Crippen molar-refractivity contribution in [1.29, 1.82) is 0 Å². The van der Waals surface area contributed by atoms with Crippen LogP contribution < -0.4 is 10.6 Å². The zero-order valence-electron chi connectivity index (χ0n) is 14.7. The number of aromatic nitrogens is 3. The second-order valence-corrected chi connectivity index (χ2v) is 6.67. The normalized spacial score (nSPS) is 12.2. The molecule has 1 aromatic carbocycles. The Bertz CT molecular complexity index is 679. The Morgan fingerprint density at radius 2 is 1.83 bits per heavy atom. The predicted octanol–water partition coefficient (Wildman–Crippen LogP) is 2.68. The Kier molecular flexibility index (Phi) is 6.25. The summed E-state index contributed by atoms with van der Waals surface area (Å²) in [5.41, 5.74) is 7.61. The molecule has 0 aliphatic rings. The number of nitrogens with two attached hydrogens (primary N) is 1. The van der Waals surface area contributed by atoms with Crippen molar-refractivity contribution in [2.75, 3.05) is 18.0 Å². The highest BCUT2D eigenvalue weighted by molar-refractivity contribution is 8.00. The summed E-state index contributed by atoms with van der Waals surface area (Å²) < 4.78 is 1.91. The van der Waals surface area contributed by atoms with Gasteiger partial charge in [-0.05, 0) is 44.5 Å². The number of thioether (sulfide) groups is 1. The van der Waals surface area contributed by atoms with Crippen molar-refractivity contribution in [3.8, 4) is 11.4 Å². The lowest BCUT2D eigenvalue weighted by molar-refractivity contribution is -0.117. The number of carbonyl (C=O) groups is 1. The average molecular weight is 347 g/mol. The summed E-state index contributed by atoms with van der Waals surface area (Å²) in [6.45, 7) is 8.18. The lowest BCUT2D eigenvalue weighted by Crippen LogP contribution is -2.25. The van der Waals surface area contributed by atoms with Crippen LogP contribution in [0.4, 0.5) is 5.69 Å². The average Bonchev–Trinajstić information content (AvgIpc) is 2.94. The molecule has 0 aliphatic carbocycles. The van der Waals surface area contributed by atoms with Crippen molar-refractivity contribution in [1.82, 2.24) is 14.8 Å². The van der Waals surface area contributed by atoms with E-state index < -0.39 is 0 Å². The summed E-state index contributed by atoms with van der Waals surface area (Å²) in [7, 11) is 1.91. The van der Waals surface area contributed by atoms with Crippen LogP contribution in [-0.4, -0.2) is 39.0 Å². The molecule has 0 fully saturated rings. The first-order chi connectivity index (χ1) is 11.5. The minimum atomic E-state index is -0.323. The van der Waals surface area contributed by atoms with Crippen LogP contribution in [0, 0.1) is 0 Å². The number of nitrogens with zero attached hydrogens (tertiary/aromatic N) is 4. The summed E-state index contributed by atoms with van der Waals surface area (Å²) in [5, 5.41) is 8.90. The number of rotatable bonds is 8. The molecule has 1 atom stereocenters. The molecular weight excluding hydrogens is 322 g/mol.